The fourth-order valence-electron chi connectivity index (χ4n) is 4.28. The second-order valence-corrected chi connectivity index (χ2v) is 7.56. The molecule has 0 spiro atoms. The summed E-state index contributed by atoms with van der Waals surface area (Å²) in [5, 5.41) is 6.62. The fraction of sp³-hybridized carbons (Fsp3) is 0.391. The molecule has 2 amide bonds. The molecule has 1 fully saturated rings. The summed E-state index contributed by atoms with van der Waals surface area (Å²) in [7, 11) is 0. The van der Waals surface area contributed by atoms with E-state index in [4.69, 9.17) is 0 Å². The van der Waals surface area contributed by atoms with Crippen molar-refractivity contribution in [2.75, 3.05) is 19.6 Å². The summed E-state index contributed by atoms with van der Waals surface area (Å²) >= 11 is 0. The van der Waals surface area contributed by atoms with Crippen LogP contribution in [0, 0.1) is 0 Å². The topological polar surface area (TPSA) is 61.4 Å². The van der Waals surface area contributed by atoms with E-state index in [2.05, 4.69) is 28.8 Å². The summed E-state index contributed by atoms with van der Waals surface area (Å²) in [6, 6.07) is 17.6. The minimum Gasteiger partial charge on any atom is -0.352 e. The maximum absolute atomic E-state index is 13.2. The molecule has 0 aliphatic carbocycles. The van der Waals surface area contributed by atoms with E-state index in [1.165, 1.54) is 11.1 Å². The van der Waals surface area contributed by atoms with Crippen molar-refractivity contribution in [3.05, 3.63) is 71.3 Å². The number of rotatable bonds is 5. The third kappa shape index (κ3) is 3.94. The molecule has 0 bridgehead atoms. The van der Waals surface area contributed by atoms with Crippen molar-refractivity contribution in [3.63, 3.8) is 0 Å². The van der Waals surface area contributed by atoms with Crippen LogP contribution in [0.4, 0.5) is 0 Å². The van der Waals surface area contributed by atoms with Crippen molar-refractivity contribution >= 4 is 11.8 Å². The van der Waals surface area contributed by atoms with Gasteiger partial charge in [0.1, 0.15) is 6.04 Å². The average molecular weight is 377 g/mol. The van der Waals surface area contributed by atoms with Gasteiger partial charge in [0.25, 0.3) is 0 Å². The Hall–Kier alpha value is -2.66. The lowest BCUT2D eigenvalue weighted by Gasteiger charge is -2.35. The zero-order valence-corrected chi connectivity index (χ0v) is 16.1. The van der Waals surface area contributed by atoms with Crippen molar-refractivity contribution < 1.29 is 9.59 Å². The minimum absolute atomic E-state index is 0.0661. The molecule has 0 radical (unpaired) electrons. The van der Waals surface area contributed by atoms with Crippen LogP contribution in [0.15, 0.2) is 54.6 Å². The molecular formula is C23H27N3O2. The van der Waals surface area contributed by atoms with Crippen LogP contribution in [0.5, 0.6) is 0 Å². The highest BCUT2D eigenvalue weighted by Crippen LogP contribution is 2.27. The largest absolute Gasteiger partial charge is 0.352 e. The molecule has 2 aliphatic heterocycles. The molecule has 28 heavy (non-hydrogen) atoms. The Bertz CT molecular complexity index is 837. The van der Waals surface area contributed by atoms with Gasteiger partial charge in [0.15, 0.2) is 0 Å². The van der Waals surface area contributed by atoms with Crippen molar-refractivity contribution in [2.45, 2.75) is 37.8 Å². The molecule has 146 valence electrons. The molecule has 2 N–H and O–H groups in total. The fourth-order valence-corrected chi connectivity index (χ4v) is 4.28. The third-order valence-electron chi connectivity index (χ3n) is 5.73. The van der Waals surface area contributed by atoms with E-state index >= 15 is 0 Å². The summed E-state index contributed by atoms with van der Waals surface area (Å²) in [5.74, 6) is -0.0392. The van der Waals surface area contributed by atoms with E-state index in [1.54, 1.807) is 4.90 Å². The first-order chi connectivity index (χ1) is 13.7. The molecule has 2 unspecified atom stereocenters. The minimum atomic E-state index is -0.562. The lowest BCUT2D eigenvalue weighted by molar-refractivity contribution is -0.142. The number of carbonyl (C=O) groups excluding carboxylic acids is 2. The Morgan fingerprint density at radius 3 is 2.68 bits per heavy atom. The normalized spacial score (nSPS) is 20.4. The van der Waals surface area contributed by atoms with Gasteiger partial charge in [0.05, 0.1) is 0 Å². The van der Waals surface area contributed by atoms with E-state index in [-0.39, 0.29) is 17.9 Å². The van der Waals surface area contributed by atoms with Crippen LogP contribution >= 0.6 is 0 Å². The highest BCUT2D eigenvalue weighted by molar-refractivity contribution is 5.89. The Labute approximate surface area is 166 Å². The van der Waals surface area contributed by atoms with Crippen LogP contribution in [0.2, 0.25) is 0 Å². The third-order valence-corrected chi connectivity index (χ3v) is 5.73. The van der Waals surface area contributed by atoms with Gasteiger partial charge in [0, 0.05) is 25.6 Å². The number of benzene rings is 2. The number of hydrogen-bond acceptors (Lipinski definition) is 3. The van der Waals surface area contributed by atoms with Crippen LogP contribution in [0.1, 0.15) is 48.0 Å². The quantitative estimate of drug-likeness (QED) is 0.842. The molecule has 5 heteroatoms. The highest BCUT2D eigenvalue weighted by Gasteiger charge is 2.33. The van der Waals surface area contributed by atoms with Crippen LogP contribution in [0.3, 0.4) is 0 Å². The molecule has 2 aromatic carbocycles. The van der Waals surface area contributed by atoms with Gasteiger partial charge in [-0.15, -0.1) is 0 Å². The number of amides is 2. The highest BCUT2D eigenvalue weighted by atomic mass is 16.2. The summed E-state index contributed by atoms with van der Waals surface area (Å²) in [6.07, 6.45) is 3.38. The number of piperidine rings is 1. The molecule has 2 atom stereocenters. The Balaban J connectivity index is 1.51. The molecule has 2 aliphatic rings. The van der Waals surface area contributed by atoms with Crippen molar-refractivity contribution in [1.82, 2.24) is 15.5 Å². The smallest absolute Gasteiger partial charge is 0.247 e. The van der Waals surface area contributed by atoms with E-state index < -0.39 is 6.04 Å². The van der Waals surface area contributed by atoms with Crippen LogP contribution in [-0.4, -0.2) is 36.3 Å². The maximum atomic E-state index is 13.2. The number of carbonyl (C=O) groups is 2. The molecule has 4 rings (SSSR count). The monoisotopic (exact) mass is 377 g/mol. The lowest BCUT2D eigenvalue weighted by Crippen LogP contribution is -2.47. The molecule has 5 nitrogen and oxygen atoms in total. The van der Waals surface area contributed by atoms with Gasteiger partial charge < -0.3 is 15.5 Å². The zero-order valence-electron chi connectivity index (χ0n) is 16.1. The molecule has 1 saturated heterocycles. The van der Waals surface area contributed by atoms with Gasteiger partial charge in [0.2, 0.25) is 11.8 Å². The number of hydrogen-bond donors (Lipinski definition) is 2. The van der Waals surface area contributed by atoms with Crippen molar-refractivity contribution in [1.29, 1.82) is 0 Å². The molecule has 0 aromatic heterocycles. The second-order valence-electron chi connectivity index (χ2n) is 7.56. The van der Waals surface area contributed by atoms with Gasteiger partial charge in [-0.2, -0.15) is 0 Å². The summed E-state index contributed by atoms with van der Waals surface area (Å²) in [5.41, 5.74) is 3.46. The first-order valence-electron chi connectivity index (χ1n) is 10.2. The Kier molecular flexibility index (Phi) is 5.72. The van der Waals surface area contributed by atoms with Crippen molar-refractivity contribution in [3.8, 4) is 0 Å². The van der Waals surface area contributed by atoms with Gasteiger partial charge >= 0.3 is 0 Å². The number of fused-ring (bicyclic) bond motifs is 1. The number of likely N-dealkylation sites (tertiary alicyclic amines) is 1. The Morgan fingerprint density at radius 2 is 1.86 bits per heavy atom. The molecular weight excluding hydrogens is 350 g/mol. The summed E-state index contributed by atoms with van der Waals surface area (Å²) in [4.78, 5) is 27.5. The maximum Gasteiger partial charge on any atom is 0.247 e. The van der Waals surface area contributed by atoms with E-state index in [1.807, 2.05) is 36.4 Å². The molecule has 2 heterocycles. The molecule has 2 aromatic rings. The van der Waals surface area contributed by atoms with Gasteiger partial charge in [-0.3, -0.25) is 9.59 Å². The second kappa shape index (κ2) is 8.57. The SMILES string of the molecule is O=C(NCC1NCCc2ccccc21)C(c1ccccc1)N1CCCCC1=O. The standard InChI is InChI=1S/C23H27N3O2/c27-21-12-6-7-15-26(21)22(18-9-2-1-3-10-18)23(28)25-16-20-19-11-5-4-8-17(19)13-14-24-20/h1-5,8-11,20,22,24H,6-7,12-16H2,(H,25,28). The predicted octanol–water partition coefficient (Wildman–Crippen LogP) is 2.74. The van der Waals surface area contributed by atoms with Crippen molar-refractivity contribution in [2.24, 2.45) is 0 Å². The van der Waals surface area contributed by atoms with Crippen LogP contribution in [0.25, 0.3) is 0 Å². The van der Waals surface area contributed by atoms with Gasteiger partial charge in [-0.05, 0) is 42.5 Å². The van der Waals surface area contributed by atoms with E-state index in [0.717, 1.165) is 31.4 Å². The number of nitrogens with one attached hydrogen (secondary N) is 2. The van der Waals surface area contributed by atoms with Crippen LogP contribution in [-0.2, 0) is 16.0 Å². The summed E-state index contributed by atoms with van der Waals surface area (Å²) < 4.78 is 0. The van der Waals surface area contributed by atoms with E-state index in [0.29, 0.717) is 19.5 Å². The lowest BCUT2D eigenvalue weighted by atomic mass is 9.94. The first-order valence-corrected chi connectivity index (χ1v) is 10.2. The predicted molar refractivity (Wildman–Crippen MR) is 109 cm³/mol. The number of nitrogens with zero attached hydrogens (tertiary/aromatic N) is 1. The van der Waals surface area contributed by atoms with E-state index in [9.17, 15) is 9.59 Å². The Morgan fingerprint density at radius 1 is 1.07 bits per heavy atom. The zero-order chi connectivity index (χ0) is 19.3. The van der Waals surface area contributed by atoms with Gasteiger partial charge in [-0.25, -0.2) is 0 Å². The molecule has 0 saturated carbocycles. The summed E-state index contributed by atoms with van der Waals surface area (Å²) in [6.45, 7) is 2.06. The first kappa shape index (κ1) is 18.7. The van der Waals surface area contributed by atoms with Gasteiger partial charge in [-0.1, -0.05) is 54.6 Å². The van der Waals surface area contributed by atoms with Crippen LogP contribution < -0.4 is 10.6 Å². The average Bonchev–Trinajstić information content (AvgIpc) is 2.74.